The quantitative estimate of drug-likeness (QED) is 0.682. The number of nitrogens with zero attached hydrogens (tertiary/aromatic N) is 3. The molecule has 1 aliphatic rings. The Kier molecular flexibility index (Phi) is 5.33. The minimum Gasteiger partial charge on any atom is -0.487 e. The van der Waals surface area contributed by atoms with Gasteiger partial charge < -0.3 is 15.3 Å². The summed E-state index contributed by atoms with van der Waals surface area (Å²) in [6, 6.07) is 11.8. The fraction of sp³-hybridized carbons (Fsp3) is 0.190. The Morgan fingerprint density at radius 2 is 1.83 bits per heavy atom. The molecule has 0 saturated heterocycles. The largest absolute Gasteiger partial charge is 0.487 e. The van der Waals surface area contributed by atoms with E-state index < -0.39 is 11.9 Å². The van der Waals surface area contributed by atoms with E-state index in [0.29, 0.717) is 29.8 Å². The zero-order valence-electron chi connectivity index (χ0n) is 15.4. The number of pyridine rings is 2. The summed E-state index contributed by atoms with van der Waals surface area (Å²) in [7, 11) is 0. The number of ether oxygens (including phenoxy) is 1. The molecule has 0 saturated carbocycles. The molecule has 0 spiro atoms. The zero-order chi connectivity index (χ0) is 20.2. The number of anilines is 1. The summed E-state index contributed by atoms with van der Waals surface area (Å²) in [6.07, 6.45) is 2.92. The molecule has 1 unspecified atom stereocenters. The van der Waals surface area contributed by atoms with Gasteiger partial charge in [0.15, 0.2) is 6.10 Å². The number of hydrogen-bond acceptors (Lipinski definition) is 6. The highest BCUT2D eigenvalue weighted by Crippen LogP contribution is 2.31. The monoisotopic (exact) mass is 396 g/mol. The third kappa shape index (κ3) is 4.66. The van der Waals surface area contributed by atoms with Gasteiger partial charge >= 0.3 is 0 Å². The van der Waals surface area contributed by atoms with Crippen LogP contribution in [0.5, 0.6) is 5.75 Å². The molecule has 0 amide bonds. The van der Waals surface area contributed by atoms with E-state index in [-0.39, 0.29) is 18.2 Å². The summed E-state index contributed by atoms with van der Waals surface area (Å²) in [5.74, 6) is 0.0825. The van der Waals surface area contributed by atoms with Gasteiger partial charge in [-0.25, -0.2) is 13.8 Å². The van der Waals surface area contributed by atoms with Crippen molar-refractivity contribution in [3.05, 3.63) is 83.3 Å². The SMILES string of the molecule is Nc1ncc(F)cc1C1CC(Cc2ccc(OCc3ccc(F)cn3)cc2)=NO1. The third-order valence-corrected chi connectivity index (χ3v) is 4.50. The smallest absolute Gasteiger partial charge is 0.161 e. The van der Waals surface area contributed by atoms with Gasteiger partial charge in [-0.05, 0) is 35.9 Å². The third-order valence-electron chi connectivity index (χ3n) is 4.50. The lowest BCUT2D eigenvalue weighted by Gasteiger charge is -2.10. The first-order valence-corrected chi connectivity index (χ1v) is 9.01. The normalized spacial score (nSPS) is 15.7. The summed E-state index contributed by atoms with van der Waals surface area (Å²) in [6.45, 7) is 0.255. The van der Waals surface area contributed by atoms with Crippen molar-refractivity contribution in [2.24, 2.45) is 5.16 Å². The number of benzene rings is 1. The average molecular weight is 396 g/mol. The van der Waals surface area contributed by atoms with Crippen LogP contribution in [0.15, 0.2) is 60.0 Å². The number of aromatic nitrogens is 2. The second-order valence-corrected chi connectivity index (χ2v) is 6.66. The number of halogens is 2. The lowest BCUT2D eigenvalue weighted by molar-refractivity contribution is 0.0858. The van der Waals surface area contributed by atoms with Crippen LogP contribution in [0.2, 0.25) is 0 Å². The maximum Gasteiger partial charge on any atom is 0.161 e. The Labute approximate surface area is 166 Å². The molecule has 1 aliphatic heterocycles. The van der Waals surface area contributed by atoms with Crippen molar-refractivity contribution in [3.63, 3.8) is 0 Å². The lowest BCUT2D eigenvalue weighted by Crippen LogP contribution is -2.07. The Balaban J connectivity index is 1.32. The van der Waals surface area contributed by atoms with Crippen LogP contribution in [-0.4, -0.2) is 15.7 Å². The van der Waals surface area contributed by atoms with Gasteiger partial charge in [0.2, 0.25) is 0 Å². The van der Waals surface area contributed by atoms with E-state index in [1.54, 1.807) is 6.07 Å². The van der Waals surface area contributed by atoms with Crippen molar-refractivity contribution in [2.75, 3.05) is 5.73 Å². The molecule has 2 aromatic heterocycles. The fourth-order valence-corrected chi connectivity index (χ4v) is 3.01. The number of oxime groups is 1. The van der Waals surface area contributed by atoms with Gasteiger partial charge in [-0.1, -0.05) is 17.3 Å². The molecule has 3 aromatic rings. The zero-order valence-corrected chi connectivity index (χ0v) is 15.4. The van der Waals surface area contributed by atoms with E-state index in [0.717, 1.165) is 23.7 Å². The first kappa shape index (κ1) is 18.8. The molecule has 2 N–H and O–H groups in total. The summed E-state index contributed by atoms with van der Waals surface area (Å²) in [4.78, 5) is 13.2. The molecule has 29 heavy (non-hydrogen) atoms. The summed E-state index contributed by atoms with van der Waals surface area (Å²) < 4.78 is 32.0. The molecule has 8 heteroatoms. The van der Waals surface area contributed by atoms with E-state index in [9.17, 15) is 8.78 Å². The van der Waals surface area contributed by atoms with Crippen molar-refractivity contribution in [3.8, 4) is 5.75 Å². The first-order valence-electron chi connectivity index (χ1n) is 9.01. The van der Waals surface area contributed by atoms with Gasteiger partial charge in [0.1, 0.15) is 29.8 Å². The van der Waals surface area contributed by atoms with E-state index in [4.69, 9.17) is 15.3 Å². The fourth-order valence-electron chi connectivity index (χ4n) is 3.01. The molecule has 0 radical (unpaired) electrons. The second kappa shape index (κ2) is 8.22. The predicted octanol–water partition coefficient (Wildman–Crippen LogP) is 3.98. The number of rotatable bonds is 6. The summed E-state index contributed by atoms with van der Waals surface area (Å²) in [5, 5.41) is 4.11. The Bertz CT molecular complexity index is 1020. The van der Waals surface area contributed by atoms with Crippen LogP contribution in [0.4, 0.5) is 14.6 Å². The van der Waals surface area contributed by atoms with Crippen LogP contribution in [0.3, 0.4) is 0 Å². The molecule has 0 fully saturated rings. The Hall–Kier alpha value is -3.55. The Morgan fingerprint density at radius 3 is 2.59 bits per heavy atom. The van der Waals surface area contributed by atoms with Gasteiger partial charge in [-0.2, -0.15) is 0 Å². The van der Waals surface area contributed by atoms with Crippen LogP contribution < -0.4 is 10.5 Å². The van der Waals surface area contributed by atoms with E-state index in [1.165, 1.54) is 12.1 Å². The van der Waals surface area contributed by atoms with Crippen LogP contribution in [0, 0.1) is 11.6 Å². The summed E-state index contributed by atoms with van der Waals surface area (Å²) >= 11 is 0. The topological polar surface area (TPSA) is 82.6 Å². The first-order chi connectivity index (χ1) is 14.1. The van der Waals surface area contributed by atoms with Crippen LogP contribution >= 0.6 is 0 Å². The maximum absolute atomic E-state index is 13.4. The summed E-state index contributed by atoms with van der Waals surface area (Å²) in [5.41, 5.74) is 8.83. The van der Waals surface area contributed by atoms with Crippen LogP contribution in [-0.2, 0) is 17.9 Å². The number of hydrogen-bond donors (Lipinski definition) is 1. The van der Waals surface area contributed by atoms with Crippen LogP contribution in [0.25, 0.3) is 0 Å². The van der Waals surface area contributed by atoms with Gasteiger partial charge in [-0.3, -0.25) is 4.98 Å². The van der Waals surface area contributed by atoms with Crippen molar-refractivity contribution in [2.45, 2.75) is 25.6 Å². The van der Waals surface area contributed by atoms with Gasteiger partial charge in [0.25, 0.3) is 0 Å². The lowest BCUT2D eigenvalue weighted by atomic mass is 10.0. The van der Waals surface area contributed by atoms with Crippen molar-refractivity contribution in [1.82, 2.24) is 9.97 Å². The predicted molar refractivity (Wildman–Crippen MR) is 103 cm³/mol. The minimum atomic E-state index is -0.460. The van der Waals surface area contributed by atoms with E-state index in [1.807, 2.05) is 24.3 Å². The molecule has 1 atom stereocenters. The van der Waals surface area contributed by atoms with E-state index in [2.05, 4.69) is 15.1 Å². The highest BCUT2D eigenvalue weighted by atomic mass is 19.1. The van der Waals surface area contributed by atoms with Crippen LogP contribution in [0.1, 0.15) is 29.3 Å². The number of nitrogens with two attached hydrogens (primary N) is 1. The maximum atomic E-state index is 13.4. The Morgan fingerprint density at radius 1 is 1.03 bits per heavy atom. The molecule has 6 nitrogen and oxygen atoms in total. The molecule has 3 heterocycles. The van der Waals surface area contributed by atoms with Crippen molar-refractivity contribution in [1.29, 1.82) is 0 Å². The van der Waals surface area contributed by atoms with Gasteiger partial charge in [0, 0.05) is 18.4 Å². The van der Waals surface area contributed by atoms with Crippen molar-refractivity contribution >= 4 is 11.5 Å². The molecular formula is C21H18F2N4O2. The molecule has 0 bridgehead atoms. The standard InChI is InChI=1S/C21H18F2N4O2/c22-14-3-4-16(25-10-14)12-28-18-5-1-13(2-6-18)7-17-9-20(29-27-17)19-8-15(23)11-26-21(19)24/h1-6,8,10-11,20H,7,9,12H2,(H2,24,26). The molecule has 148 valence electrons. The van der Waals surface area contributed by atoms with Gasteiger partial charge in [-0.15, -0.1) is 0 Å². The molecule has 1 aromatic carbocycles. The van der Waals surface area contributed by atoms with Gasteiger partial charge in [0.05, 0.1) is 23.8 Å². The molecule has 4 rings (SSSR count). The highest BCUT2D eigenvalue weighted by Gasteiger charge is 2.25. The molecular weight excluding hydrogens is 378 g/mol. The van der Waals surface area contributed by atoms with E-state index >= 15 is 0 Å². The minimum absolute atomic E-state index is 0.241. The molecule has 0 aliphatic carbocycles. The average Bonchev–Trinajstić information content (AvgIpc) is 3.19. The second-order valence-electron chi connectivity index (χ2n) is 6.66. The van der Waals surface area contributed by atoms with Crippen molar-refractivity contribution < 1.29 is 18.4 Å². The highest BCUT2D eigenvalue weighted by molar-refractivity contribution is 5.87. The number of nitrogen functional groups attached to an aromatic ring is 1.